The van der Waals surface area contributed by atoms with E-state index in [4.69, 9.17) is 14.1 Å². The van der Waals surface area contributed by atoms with Crippen LogP contribution in [0, 0.1) is 22.7 Å². The highest BCUT2D eigenvalue weighted by Crippen LogP contribution is 2.45. The average molecular weight is 631 g/mol. The zero-order valence-corrected chi connectivity index (χ0v) is 25.8. The van der Waals surface area contributed by atoms with Crippen LogP contribution >= 0.6 is 27.3 Å². The van der Waals surface area contributed by atoms with E-state index in [2.05, 4.69) is 48.1 Å². The molecule has 210 valence electrons. The quantitative estimate of drug-likeness (QED) is 0.198. The van der Waals surface area contributed by atoms with Crippen LogP contribution in [-0.2, 0) is 26.0 Å². The molecule has 0 fully saturated rings. The van der Waals surface area contributed by atoms with Crippen LogP contribution in [0.15, 0.2) is 74.7 Å². The third-order valence-electron chi connectivity index (χ3n) is 7.52. The number of furan rings is 1. The first-order valence-electron chi connectivity index (χ1n) is 13.6. The third kappa shape index (κ3) is 6.80. The third-order valence-corrected chi connectivity index (χ3v) is 9.17. The lowest BCUT2D eigenvalue weighted by molar-refractivity contribution is 0.0947. The van der Waals surface area contributed by atoms with E-state index in [0.29, 0.717) is 40.1 Å². The summed E-state index contributed by atoms with van der Waals surface area (Å²) in [5.74, 6) is 1.75. The molecule has 0 saturated heterocycles. The van der Waals surface area contributed by atoms with Gasteiger partial charge in [-0.05, 0) is 72.6 Å². The van der Waals surface area contributed by atoms with Crippen LogP contribution in [0.4, 0.5) is 5.00 Å². The van der Waals surface area contributed by atoms with Crippen molar-refractivity contribution in [3.05, 3.63) is 104 Å². The molecule has 6 nitrogen and oxygen atoms in total. The van der Waals surface area contributed by atoms with Crippen molar-refractivity contribution in [3.63, 3.8) is 0 Å². The first-order valence-corrected chi connectivity index (χ1v) is 15.2. The summed E-state index contributed by atoms with van der Waals surface area (Å²) in [4.78, 5) is 19.7. The van der Waals surface area contributed by atoms with Gasteiger partial charge in [0.05, 0.1) is 30.0 Å². The van der Waals surface area contributed by atoms with E-state index in [9.17, 15) is 10.1 Å². The molecule has 2 aromatic carbocycles. The van der Waals surface area contributed by atoms with E-state index < -0.39 is 0 Å². The predicted molar refractivity (Wildman–Crippen MR) is 166 cm³/mol. The van der Waals surface area contributed by atoms with Crippen molar-refractivity contribution >= 4 is 44.4 Å². The lowest BCUT2D eigenvalue weighted by Crippen LogP contribution is -2.28. The summed E-state index contributed by atoms with van der Waals surface area (Å²) in [5, 5.41) is 13.2. The van der Waals surface area contributed by atoms with Crippen molar-refractivity contribution in [2.75, 3.05) is 0 Å². The number of benzene rings is 2. The Kier molecular flexibility index (Phi) is 8.77. The number of ether oxygens (including phenoxy) is 1. The van der Waals surface area contributed by atoms with Crippen LogP contribution in [0.3, 0.4) is 0 Å². The normalized spacial score (nSPS) is 15.0. The maximum atomic E-state index is 13.5. The summed E-state index contributed by atoms with van der Waals surface area (Å²) in [6.45, 7) is 7.44. The van der Waals surface area contributed by atoms with E-state index >= 15 is 0 Å². The molecule has 1 N–H and O–H groups in total. The van der Waals surface area contributed by atoms with Crippen LogP contribution in [0.2, 0.25) is 0 Å². The van der Waals surface area contributed by atoms with Crippen molar-refractivity contribution in [2.45, 2.75) is 53.2 Å². The number of hydrogen-bond acceptors (Lipinski definition) is 6. The van der Waals surface area contributed by atoms with Gasteiger partial charge in [0.1, 0.15) is 23.1 Å². The van der Waals surface area contributed by atoms with Gasteiger partial charge in [-0.3, -0.25) is 4.79 Å². The van der Waals surface area contributed by atoms with Gasteiger partial charge in [-0.15, -0.1) is 11.3 Å². The highest BCUT2D eigenvalue weighted by molar-refractivity contribution is 9.10. The Morgan fingerprint density at radius 1 is 1.24 bits per heavy atom. The number of amides is 1. The summed E-state index contributed by atoms with van der Waals surface area (Å²) >= 11 is 5.17. The molecule has 1 atom stereocenters. The molecular weight excluding hydrogens is 598 g/mol. The van der Waals surface area contributed by atoms with Crippen LogP contribution in [0.25, 0.3) is 0 Å². The Hall–Kier alpha value is -3.67. The molecular formula is C33H32BrN3O3S. The predicted octanol–water partition coefficient (Wildman–Crippen LogP) is 8.39. The standard InChI is InChI=1S/C33H32BrN3O3S/c1-33(2,3)24-10-12-27-29(16-24)41-32(30(27)31(38)36-19-26-9-6-14-39-26)37-18-23-15-25(34)11-13-28(23)40-20-22-8-5-4-7-21(22)17-35/h4-9,11,13-15,18,24H,10,12,16,19-20H2,1-3H3,(H,36,38)/t24-/m1/s1. The van der Waals surface area contributed by atoms with Crippen LogP contribution in [-0.4, -0.2) is 12.1 Å². The lowest BCUT2D eigenvalue weighted by atomic mass is 9.72. The summed E-state index contributed by atoms with van der Waals surface area (Å²) < 4.78 is 12.5. The molecule has 41 heavy (non-hydrogen) atoms. The SMILES string of the molecule is CC(C)(C)[C@@H]1CCc2c(sc(N=Cc3cc(Br)ccc3OCc3ccccc3C#N)c2C(=O)NCc2ccco2)C1. The Morgan fingerprint density at radius 2 is 2.07 bits per heavy atom. The number of nitrogens with one attached hydrogen (secondary N) is 1. The van der Waals surface area contributed by atoms with E-state index in [0.717, 1.165) is 40.4 Å². The number of rotatable bonds is 8. The number of thiophene rings is 1. The molecule has 0 radical (unpaired) electrons. The van der Waals surface area contributed by atoms with Crippen molar-refractivity contribution in [3.8, 4) is 11.8 Å². The van der Waals surface area contributed by atoms with Gasteiger partial charge in [0.2, 0.25) is 0 Å². The first kappa shape index (κ1) is 28.8. The largest absolute Gasteiger partial charge is 0.488 e. The number of hydrogen-bond donors (Lipinski definition) is 1. The highest BCUT2D eigenvalue weighted by atomic mass is 79.9. The second-order valence-corrected chi connectivity index (χ2v) is 13.2. The van der Waals surface area contributed by atoms with Gasteiger partial charge >= 0.3 is 0 Å². The Balaban J connectivity index is 1.45. The monoisotopic (exact) mass is 629 g/mol. The van der Waals surface area contributed by atoms with Crippen LogP contribution in [0.1, 0.15) is 70.4 Å². The lowest BCUT2D eigenvalue weighted by Gasteiger charge is -2.33. The van der Waals surface area contributed by atoms with E-state index in [-0.39, 0.29) is 17.9 Å². The number of carbonyl (C=O) groups is 1. The second kappa shape index (κ2) is 12.5. The van der Waals surface area contributed by atoms with Gasteiger partial charge < -0.3 is 14.5 Å². The molecule has 0 unspecified atom stereocenters. The van der Waals surface area contributed by atoms with Crippen molar-refractivity contribution in [1.82, 2.24) is 5.32 Å². The van der Waals surface area contributed by atoms with Gasteiger partial charge in [0.15, 0.2) is 0 Å². The van der Waals surface area contributed by atoms with E-state index in [1.165, 1.54) is 4.88 Å². The maximum Gasteiger partial charge on any atom is 0.255 e. The highest BCUT2D eigenvalue weighted by Gasteiger charge is 2.33. The van der Waals surface area contributed by atoms with E-state index in [1.54, 1.807) is 29.9 Å². The van der Waals surface area contributed by atoms with Crippen molar-refractivity contribution in [2.24, 2.45) is 16.3 Å². The fraction of sp³-hybridized carbons (Fsp3) is 0.303. The van der Waals surface area contributed by atoms with Gasteiger partial charge in [0.25, 0.3) is 5.91 Å². The molecule has 4 aromatic rings. The van der Waals surface area contributed by atoms with Gasteiger partial charge in [-0.1, -0.05) is 54.9 Å². The zero-order valence-electron chi connectivity index (χ0n) is 23.4. The molecule has 0 bridgehead atoms. The van der Waals surface area contributed by atoms with Crippen molar-refractivity contribution < 1.29 is 13.9 Å². The molecule has 2 heterocycles. The number of fused-ring (bicyclic) bond motifs is 1. The Labute approximate surface area is 253 Å². The summed E-state index contributed by atoms with van der Waals surface area (Å²) in [6.07, 6.45) is 6.21. The molecule has 8 heteroatoms. The van der Waals surface area contributed by atoms with Crippen molar-refractivity contribution in [1.29, 1.82) is 5.26 Å². The number of carbonyl (C=O) groups excluding carboxylic acids is 1. The van der Waals surface area contributed by atoms with E-state index in [1.807, 2.05) is 48.5 Å². The topological polar surface area (TPSA) is 87.6 Å². The van der Waals surface area contributed by atoms with Gasteiger partial charge in [0, 0.05) is 26.7 Å². The number of nitrogens with zero attached hydrogens (tertiary/aromatic N) is 2. The molecule has 2 aromatic heterocycles. The molecule has 0 spiro atoms. The van der Waals surface area contributed by atoms with Crippen LogP contribution in [0.5, 0.6) is 5.75 Å². The minimum atomic E-state index is -0.140. The number of nitriles is 1. The minimum Gasteiger partial charge on any atom is -0.488 e. The minimum absolute atomic E-state index is 0.140. The molecule has 1 amide bonds. The summed E-state index contributed by atoms with van der Waals surface area (Å²) in [5.41, 5.74) is 4.13. The molecule has 1 aliphatic carbocycles. The maximum absolute atomic E-state index is 13.5. The summed E-state index contributed by atoms with van der Waals surface area (Å²) in [7, 11) is 0. The fourth-order valence-corrected chi connectivity index (χ4v) is 6.74. The molecule has 1 aliphatic rings. The molecule has 0 saturated carbocycles. The summed E-state index contributed by atoms with van der Waals surface area (Å²) in [6, 6.07) is 19.0. The zero-order chi connectivity index (χ0) is 29.0. The Bertz CT molecular complexity index is 1610. The van der Waals surface area contributed by atoms with Gasteiger partial charge in [-0.25, -0.2) is 4.99 Å². The first-order chi connectivity index (χ1) is 19.7. The number of aliphatic imine (C=N–C) groups is 1. The number of halogens is 1. The smallest absolute Gasteiger partial charge is 0.255 e. The average Bonchev–Trinajstić information content (AvgIpc) is 3.61. The second-order valence-electron chi connectivity index (χ2n) is 11.2. The fourth-order valence-electron chi connectivity index (χ4n) is 5.10. The van der Waals surface area contributed by atoms with Crippen LogP contribution < -0.4 is 10.1 Å². The Morgan fingerprint density at radius 3 is 2.83 bits per heavy atom. The van der Waals surface area contributed by atoms with Gasteiger partial charge in [-0.2, -0.15) is 5.26 Å². The molecule has 0 aliphatic heterocycles. The molecule has 5 rings (SSSR count).